The SMILES string of the molecule is CCC1CN(C(=O)C2(C#N)CCC2)CCO1. The number of ether oxygens (including phenoxy) is 1. The second-order valence-corrected chi connectivity index (χ2v) is 4.70. The van der Waals surface area contributed by atoms with E-state index in [0.29, 0.717) is 19.7 Å². The Balaban J connectivity index is 2.02. The third-order valence-corrected chi connectivity index (χ3v) is 3.71. The van der Waals surface area contributed by atoms with E-state index in [1.54, 1.807) is 0 Å². The molecule has 2 rings (SSSR count). The molecule has 0 aromatic carbocycles. The molecule has 0 aromatic rings. The Morgan fingerprint density at radius 2 is 2.38 bits per heavy atom. The van der Waals surface area contributed by atoms with Crippen LogP contribution in [0.2, 0.25) is 0 Å². The fourth-order valence-electron chi connectivity index (χ4n) is 2.36. The molecule has 1 heterocycles. The summed E-state index contributed by atoms with van der Waals surface area (Å²) in [6.07, 6.45) is 3.53. The number of nitrogens with zero attached hydrogens (tertiary/aromatic N) is 2. The molecule has 4 heteroatoms. The second-order valence-electron chi connectivity index (χ2n) is 4.70. The van der Waals surface area contributed by atoms with Crippen LogP contribution in [0.5, 0.6) is 0 Å². The summed E-state index contributed by atoms with van der Waals surface area (Å²) >= 11 is 0. The minimum absolute atomic E-state index is 0.0306. The summed E-state index contributed by atoms with van der Waals surface area (Å²) < 4.78 is 5.53. The van der Waals surface area contributed by atoms with Gasteiger partial charge >= 0.3 is 0 Å². The summed E-state index contributed by atoms with van der Waals surface area (Å²) in [6, 6.07) is 2.21. The van der Waals surface area contributed by atoms with Crippen LogP contribution in [0.4, 0.5) is 0 Å². The summed E-state index contributed by atoms with van der Waals surface area (Å²) in [5.41, 5.74) is -0.699. The van der Waals surface area contributed by atoms with Crippen molar-refractivity contribution in [3.8, 4) is 6.07 Å². The van der Waals surface area contributed by atoms with Gasteiger partial charge in [0.05, 0.1) is 18.8 Å². The number of rotatable bonds is 2. The highest BCUT2D eigenvalue weighted by molar-refractivity contribution is 5.86. The minimum Gasteiger partial charge on any atom is -0.375 e. The molecule has 0 spiro atoms. The van der Waals surface area contributed by atoms with Crippen molar-refractivity contribution in [3.05, 3.63) is 0 Å². The Bertz CT molecular complexity index is 317. The fourth-order valence-corrected chi connectivity index (χ4v) is 2.36. The molecule has 1 amide bonds. The summed E-state index contributed by atoms with van der Waals surface area (Å²) in [7, 11) is 0. The van der Waals surface area contributed by atoms with Crippen molar-refractivity contribution in [2.24, 2.45) is 5.41 Å². The van der Waals surface area contributed by atoms with Gasteiger partial charge in [-0.3, -0.25) is 4.79 Å². The van der Waals surface area contributed by atoms with Gasteiger partial charge in [-0.25, -0.2) is 0 Å². The Morgan fingerprint density at radius 3 is 2.88 bits per heavy atom. The van der Waals surface area contributed by atoms with Gasteiger partial charge in [-0.1, -0.05) is 6.92 Å². The lowest BCUT2D eigenvalue weighted by molar-refractivity contribution is -0.150. The van der Waals surface area contributed by atoms with Crippen LogP contribution in [-0.4, -0.2) is 36.6 Å². The van der Waals surface area contributed by atoms with E-state index in [9.17, 15) is 4.79 Å². The fraction of sp³-hybridized carbons (Fsp3) is 0.833. The van der Waals surface area contributed by atoms with Crippen molar-refractivity contribution in [1.82, 2.24) is 4.90 Å². The van der Waals surface area contributed by atoms with Gasteiger partial charge in [0, 0.05) is 13.1 Å². The molecule has 1 unspecified atom stereocenters. The maximum Gasteiger partial charge on any atom is 0.243 e. The van der Waals surface area contributed by atoms with Crippen molar-refractivity contribution in [3.63, 3.8) is 0 Å². The van der Waals surface area contributed by atoms with Gasteiger partial charge in [0.25, 0.3) is 0 Å². The van der Waals surface area contributed by atoms with E-state index in [0.717, 1.165) is 25.7 Å². The van der Waals surface area contributed by atoms with Gasteiger partial charge in [-0.2, -0.15) is 5.26 Å². The zero-order valence-corrected chi connectivity index (χ0v) is 9.74. The molecule has 1 saturated heterocycles. The molecule has 0 radical (unpaired) electrons. The molecule has 0 N–H and O–H groups in total. The van der Waals surface area contributed by atoms with Crippen LogP contribution in [0.3, 0.4) is 0 Å². The van der Waals surface area contributed by atoms with Crippen molar-refractivity contribution >= 4 is 5.91 Å². The molecule has 4 nitrogen and oxygen atoms in total. The molecule has 1 aliphatic heterocycles. The third-order valence-electron chi connectivity index (χ3n) is 3.71. The van der Waals surface area contributed by atoms with E-state index < -0.39 is 5.41 Å². The van der Waals surface area contributed by atoms with Gasteiger partial charge in [0.15, 0.2) is 0 Å². The molecule has 2 fully saturated rings. The largest absolute Gasteiger partial charge is 0.375 e. The van der Waals surface area contributed by atoms with Crippen LogP contribution in [0, 0.1) is 16.7 Å². The third kappa shape index (κ3) is 1.80. The Kier molecular flexibility index (Phi) is 3.15. The van der Waals surface area contributed by atoms with E-state index in [-0.39, 0.29) is 12.0 Å². The number of amides is 1. The molecule has 0 aromatic heterocycles. The Morgan fingerprint density at radius 1 is 1.62 bits per heavy atom. The van der Waals surface area contributed by atoms with E-state index in [1.165, 1.54) is 0 Å². The topological polar surface area (TPSA) is 53.3 Å². The van der Waals surface area contributed by atoms with Crippen LogP contribution < -0.4 is 0 Å². The molecule has 1 atom stereocenters. The molecule has 88 valence electrons. The van der Waals surface area contributed by atoms with Crippen LogP contribution in [0.25, 0.3) is 0 Å². The highest BCUT2D eigenvalue weighted by Gasteiger charge is 2.47. The molecule has 0 bridgehead atoms. The predicted octanol–water partition coefficient (Wildman–Crippen LogP) is 1.32. The molecular weight excluding hydrogens is 204 g/mol. The van der Waals surface area contributed by atoms with Gasteiger partial charge in [-0.15, -0.1) is 0 Å². The lowest BCUT2D eigenvalue weighted by Crippen LogP contribution is -2.53. The number of carbonyl (C=O) groups excluding carboxylic acids is 1. The summed E-state index contributed by atoms with van der Waals surface area (Å²) in [6.45, 7) is 3.95. The van der Waals surface area contributed by atoms with Crippen molar-refractivity contribution < 1.29 is 9.53 Å². The lowest BCUT2D eigenvalue weighted by atomic mass is 9.69. The highest BCUT2D eigenvalue weighted by atomic mass is 16.5. The zero-order valence-electron chi connectivity index (χ0n) is 9.74. The number of carbonyl (C=O) groups is 1. The molecule has 2 aliphatic rings. The molecule has 1 saturated carbocycles. The summed E-state index contributed by atoms with van der Waals surface area (Å²) in [5.74, 6) is 0.0306. The average molecular weight is 222 g/mol. The molecule has 1 aliphatic carbocycles. The van der Waals surface area contributed by atoms with Crippen molar-refractivity contribution in [2.75, 3.05) is 19.7 Å². The van der Waals surface area contributed by atoms with E-state index in [1.807, 2.05) is 4.90 Å². The van der Waals surface area contributed by atoms with Gasteiger partial charge in [0.2, 0.25) is 5.91 Å². The predicted molar refractivity (Wildman–Crippen MR) is 58.5 cm³/mol. The van der Waals surface area contributed by atoms with Gasteiger partial charge in [0.1, 0.15) is 5.41 Å². The molecule has 16 heavy (non-hydrogen) atoms. The molecular formula is C12H18N2O2. The quantitative estimate of drug-likeness (QED) is 0.708. The normalized spacial score (nSPS) is 28.0. The first-order valence-corrected chi connectivity index (χ1v) is 6.04. The van der Waals surface area contributed by atoms with E-state index >= 15 is 0 Å². The zero-order chi connectivity index (χ0) is 11.6. The number of nitriles is 1. The monoisotopic (exact) mass is 222 g/mol. The minimum atomic E-state index is -0.699. The van der Waals surface area contributed by atoms with Crippen LogP contribution >= 0.6 is 0 Å². The van der Waals surface area contributed by atoms with Crippen molar-refractivity contribution in [2.45, 2.75) is 38.7 Å². The maximum absolute atomic E-state index is 12.2. The lowest BCUT2D eigenvalue weighted by Gasteiger charge is -2.41. The number of hydrogen-bond acceptors (Lipinski definition) is 3. The summed E-state index contributed by atoms with van der Waals surface area (Å²) in [5, 5.41) is 9.13. The van der Waals surface area contributed by atoms with Crippen LogP contribution in [0.15, 0.2) is 0 Å². The number of morpholine rings is 1. The van der Waals surface area contributed by atoms with Crippen molar-refractivity contribution in [1.29, 1.82) is 5.26 Å². The number of hydrogen-bond donors (Lipinski definition) is 0. The summed E-state index contributed by atoms with van der Waals surface area (Å²) in [4.78, 5) is 14.1. The second kappa shape index (κ2) is 4.42. The van der Waals surface area contributed by atoms with E-state index in [4.69, 9.17) is 10.00 Å². The first-order valence-electron chi connectivity index (χ1n) is 6.04. The van der Waals surface area contributed by atoms with Crippen LogP contribution in [0.1, 0.15) is 32.6 Å². The Hall–Kier alpha value is -1.08. The van der Waals surface area contributed by atoms with E-state index in [2.05, 4.69) is 13.0 Å². The first-order chi connectivity index (χ1) is 7.72. The highest BCUT2D eigenvalue weighted by Crippen LogP contribution is 2.42. The Labute approximate surface area is 96.2 Å². The van der Waals surface area contributed by atoms with Crippen LogP contribution in [-0.2, 0) is 9.53 Å². The van der Waals surface area contributed by atoms with Gasteiger partial charge in [-0.05, 0) is 25.7 Å². The van der Waals surface area contributed by atoms with Gasteiger partial charge < -0.3 is 9.64 Å². The maximum atomic E-state index is 12.2. The smallest absolute Gasteiger partial charge is 0.243 e. The first kappa shape index (κ1) is 11.4. The standard InChI is InChI=1S/C12H18N2O2/c1-2-10-8-14(6-7-16-10)11(15)12(9-13)4-3-5-12/h10H,2-8H2,1H3. The average Bonchev–Trinajstić information content (AvgIpc) is 2.28.